The molecule has 0 spiro atoms. The summed E-state index contributed by atoms with van der Waals surface area (Å²) in [7, 11) is -3.87. The van der Waals surface area contributed by atoms with Crippen molar-refractivity contribution >= 4 is 50.7 Å². The molecule has 1 saturated carbocycles. The second kappa shape index (κ2) is 12.7. The highest BCUT2D eigenvalue weighted by Crippen LogP contribution is 2.36. The molecule has 0 bridgehead atoms. The number of rotatable bonds is 11. The van der Waals surface area contributed by atoms with Crippen molar-refractivity contribution in [1.29, 1.82) is 0 Å². The van der Waals surface area contributed by atoms with Gasteiger partial charge in [0, 0.05) is 28.7 Å². The first-order valence-electron chi connectivity index (χ1n) is 13.1. The van der Waals surface area contributed by atoms with Gasteiger partial charge in [0.05, 0.1) is 11.4 Å². The van der Waals surface area contributed by atoms with Crippen LogP contribution in [-0.2, 0) is 26.2 Å². The number of halogens is 2. The Kier molecular flexibility index (Phi) is 9.51. The molecular formula is C27H33Cl2N3O6S. The fraction of sp³-hybridized carbons (Fsp3) is 0.481. The highest BCUT2D eigenvalue weighted by atomic mass is 35.5. The molecule has 1 aliphatic heterocycles. The molecule has 9 nitrogen and oxygen atoms in total. The van der Waals surface area contributed by atoms with E-state index in [2.05, 4.69) is 5.32 Å². The van der Waals surface area contributed by atoms with Crippen molar-refractivity contribution in [3.8, 4) is 11.5 Å². The van der Waals surface area contributed by atoms with Gasteiger partial charge in [0.2, 0.25) is 28.6 Å². The Morgan fingerprint density at radius 1 is 1.05 bits per heavy atom. The van der Waals surface area contributed by atoms with Crippen LogP contribution in [0.15, 0.2) is 36.4 Å². The largest absolute Gasteiger partial charge is 0.454 e. The van der Waals surface area contributed by atoms with Gasteiger partial charge in [0.1, 0.15) is 12.6 Å². The lowest BCUT2D eigenvalue weighted by Gasteiger charge is -2.34. The van der Waals surface area contributed by atoms with Crippen molar-refractivity contribution in [1.82, 2.24) is 10.2 Å². The lowest BCUT2D eigenvalue weighted by Crippen LogP contribution is -2.53. The molecule has 0 aromatic heterocycles. The summed E-state index contributed by atoms with van der Waals surface area (Å²) in [6.45, 7) is 2.86. The highest BCUT2D eigenvalue weighted by molar-refractivity contribution is 7.92. The summed E-state index contributed by atoms with van der Waals surface area (Å²) in [5.41, 5.74) is 0.858. The highest BCUT2D eigenvalue weighted by Gasteiger charge is 2.34. The van der Waals surface area contributed by atoms with Gasteiger partial charge in [-0.25, -0.2) is 8.42 Å². The number of ether oxygens (including phenoxy) is 2. The van der Waals surface area contributed by atoms with Crippen LogP contribution >= 0.6 is 23.2 Å². The van der Waals surface area contributed by atoms with E-state index in [0.717, 1.165) is 30.0 Å². The van der Waals surface area contributed by atoms with Gasteiger partial charge in [-0.3, -0.25) is 13.9 Å². The molecule has 212 valence electrons. The van der Waals surface area contributed by atoms with E-state index in [0.29, 0.717) is 33.5 Å². The minimum Gasteiger partial charge on any atom is -0.454 e. The lowest BCUT2D eigenvalue weighted by molar-refractivity contribution is -0.140. The lowest BCUT2D eigenvalue weighted by atomic mass is 10.1. The number of carbonyl (C=O) groups excluding carboxylic acids is 2. The molecule has 1 aliphatic carbocycles. The fourth-order valence-corrected chi connectivity index (χ4v) is 6.40. The van der Waals surface area contributed by atoms with Gasteiger partial charge in [-0.1, -0.05) is 49.0 Å². The molecule has 1 atom stereocenters. The number of amides is 2. The first-order chi connectivity index (χ1) is 18.6. The van der Waals surface area contributed by atoms with Gasteiger partial charge in [0.25, 0.3) is 0 Å². The van der Waals surface area contributed by atoms with Crippen LogP contribution in [0.2, 0.25) is 10.0 Å². The summed E-state index contributed by atoms with van der Waals surface area (Å²) < 4.78 is 38.2. The molecule has 2 aliphatic rings. The summed E-state index contributed by atoms with van der Waals surface area (Å²) in [6, 6.07) is 8.87. The Morgan fingerprint density at radius 3 is 2.44 bits per heavy atom. The van der Waals surface area contributed by atoms with E-state index in [1.807, 2.05) is 6.92 Å². The van der Waals surface area contributed by atoms with Gasteiger partial charge in [0.15, 0.2) is 11.5 Å². The number of sulfonamides is 1. The molecule has 12 heteroatoms. The molecule has 0 saturated heterocycles. The van der Waals surface area contributed by atoms with E-state index >= 15 is 0 Å². The zero-order chi connectivity index (χ0) is 28.2. The minimum absolute atomic E-state index is 0.00653. The minimum atomic E-state index is -3.87. The number of carbonyl (C=O) groups is 2. The molecule has 0 unspecified atom stereocenters. The molecule has 1 fully saturated rings. The van der Waals surface area contributed by atoms with Crippen LogP contribution in [0.4, 0.5) is 5.69 Å². The molecule has 2 aromatic rings. The van der Waals surface area contributed by atoms with Crippen LogP contribution in [0, 0.1) is 0 Å². The number of anilines is 1. The number of hydrogen-bond donors (Lipinski definition) is 1. The van der Waals surface area contributed by atoms with E-state index < -0.39 is 28.5 Å². The fourth-order valence-electron chi connectivity index (χ4n) is 4.88. The summed E-state index contributed by atoms with van der Waals surface area (Å²) >= 11 is 12.5. The van der Waals surface area contributed by atoms with Gasteiger partial charge in [-0.2, -0.15) is 0 Å². The average Bonchev–Trinajstić information content (AvgIpc) is 3.59. The Bertz CT molecular complexity index is 1320. The number of hydrogen-bond acceptors (Lipinski definition) is 6. The summed E-state index contributed by atoms with van der Waals surface area (Å²) in [5.74, 6) is -0.146. The predicted octanol–water partition coefficient (Wildman–Crippen LogP) is 4.74. The second-order valence-electron chi connectivity index (χ2n) is 9.62. The van der Waals surface area contributed by atoms with Gasteiger partial charge in [-0.05, 0) is 56.0 Å². The van der Waals surface area contributed by atoms with Crippen LogP contribution in [-0.4, -0.2) is 56.3 Å². The van der Waals surface area contributed by atoms with E-state index in [1.165, 1.54) is 17.9 Å². The van der Waals surface area contributed by atoms with Crippen molar-refractivity contribution in [2.24, 2.45) is 0 Å². The average molecular weight is 599 g/mol. The molecule has 0 radical (unpaired) electrons. The third-order valence-corrected chi connectivity index (χ3v) is 9.39. The maximum atomic E-state index is 14.0. The smallest absolute Gasteiger partial charge is 0.244 e. The zero-order valence-electron chi connectivity index (χ0n) is 22.0. The Balaban J connectivity index is 1.67. The van der Waals surface area contributed by atoms with Crippen molar-refractivity contribution in [3.05, 3.63) is 52.0 Å². The van der Waals surface area contributed by atoms with E-state index in [-0.39, 0.29) is 36.7 Å². The Labute approximate surface area is 239 Å². The van der Waals surface area contributed by atoms with Gasteiger partial charge in [-0.15, -0.1) is 0 Å². The molecule has 2 amide bonds. The normalized spacial score (nSPS) is 15.7. The van der Waals surface area contributed by atoms with E-state index in [1.54, 1.807) is 30.3 Å². The van der Waals surface area contributed by atoms with Crippen LogP contribution in [0.25, 0.3) is 0 Å². The van der Waals surface area contributed by atoms with Crippen LogP contribution < -0.4 is 19.1 Å². The monoisotopic (exact) mass is 597 g/mol. The standard InChI is InChI=1S/C27H33Cl2N3O6S/c1-3-23(27(34)30-20-7-5-6-8-20)31(15-18-9-10-19(28)13-22(18)29)26(33)16-32(39(35,36)4-2)21-11-12-24-25(14-21)38-17-37-24/h9-14,20,23H,3-8,15-17H2,1-2H3,(H,30,34)/t23-/m0/s1. The number of nitrogens with one attached hydrogen (secondary N) is 1. The van der Waals surface area contributed by atoms with Crippen LogP contribution in [0.5, 0.6) is 11.5 Å². The Morgan fingerprint density at radius 2 is 1.77 bits per heavy atom. The first kappa shape index (κ1) is 29.3. The van der Waals surface area contributed by atoms with Gasteiger partial charge < -0.3 is 19.7 Å². The second-order valence-corrected chi connectivity index (χ2v) is 12.6. The maximum Gasteiger partial charge on any atom is 0.244 e. The van der Waals surface area contributed by atoms with E-state index in [9.17, 15) is 18.0 Å². The molecule has 1 heterocycles. The molecule has 4 rings (SSSR count). The molecular weight excluding hydrogens is 565 g/mol. The summed E-state index contributed by atoms with van der Waals surface area (Å²) in [4.78, 5) is 28.8. The van der Waals surface area contributed by atoms with Crippen molar-refractivity contribution in [3.63, 3.8) is 0 Å². The topological polar surface area (TPSA) is 105 Å². The third-order valence-electron chi connectivity index (χ3n) is 7.07. The number of fused-ring (bicyclic) bond motifs is 1. The predicted molar refractivity (Wildman–Crippen MR) is 151 cm³/mol. The number of nitrogens with zero attached hydrogens (tertiary/aromatic N) is 2. The Hall–Kier alpha value is -2.69. The number of benzene rings is 2. The summed E-state index contributed by atoms with van der Waals surface area (Å²) in [6.07, 6.45) is 4.21. The quantitative estimate of drug-likeness (QED) is 0.401. The van der Waals surface area contributed by atoms with Crippen molar-refractivity contribution in [2.45, 2.75) is 64.6 Å². The maximum absolute atomic E-state index is 14.0. The summed E-state index contributed by atoms with van der Waals surface area (Å²) in [5, 5.41) is 3.87. The van der Waals surface area contributed by atoms with E-state index in [4.69, 9.17) is 32.7 Å². The van der Waals surface area contributed by atoms with Crippen LogP contribution in [0.3, 0.4) is 0 Å². The zero-order valence-corrected chi connectivity index (χ0v) is 24.3. The molecule has 39 heavy (non-hydrogen) atoms. The third kappa shape index (κ3) is 6.91. The van der Waals surface area contributed by atoms with Crippen molar-refractivity contribution < 1.29 is 27.5 Å². The van der Waals surface area contributed by atoms with Gasteiger partial charge >= 0.3 is 0 Å². The SMILES string of the molecule is CC[C@@H](C(=O)NC1CCCC1)N(Cc1ccc(Cl)cc1Cl)C(=O)CN(c1ccc2c(c1)OCO2)S(=O)(=O)CC. The van der Waals surface area contributed by atoms with Crippen molar-refractivity contribution in [2.75, 3.05) is 23.4 Å². The van der Waals surface area contributed by atoms with Crippen LogP contribution in [0.1, 0.15) is 51.5 Å². The molecule has 1 N–H and O–H groups in total. The molecule has 2 aromatic carbocycles. The first-order valence-corrected chi connectivity index (χ1v) is 15.4.